The van der Waals surface area contributed by atoms with E-state index in [1.807, 2.05) is 38.1 Å². The fraction of sp³-hybridized carbons (Fsp3) is 0.455. The van der Waals surface area contributed by atoms with E-state index >= 15 is 0 Å². The van der Waals surface area contributed by atoms with Crippen molar-refractivity contribution in [3.05, 3.63) is 24.3 Å². The number of hydrogen-bond acceptors (Lipinski definition) is 3. The molecule has 0 fully saturated rings. The van der Waals surface area contributed by atoms with Crippen LogP contribution in [0.5, 0.6) is 11.5 Å². The van der Waals surface area contributed by atoms with Gasteiger partial charge in [-0.05, 0) is 38.1 Å². The second kappa shape index (κ2) is 5.50. The summed E-state index contributed by atoms with van der Waals surface area (Å²) in [7, 11) is 0. The maximum Gasteiger partial charge on any atom is 0.119 e. The maximum atomic E-state index is 5.49. The molecular formula is C11H17NO2. The van der Waals surface area contributed by atoms with Crippen LogP contribution in [0.2, 0.25) is 0 Å². The van der Waals surface area contributed by atoms with Crippen LogP contribution < -0.4 is 15.2 Å². The second-order valence-corrected chi connectivity index (χ2v) is 3.28. The quantitative estimate of drug-likeness (QED) is 0.779. The molecule has 2 N–H and O–H groups in total. The zero-order chi connectivity index (χ0) is 10.4. The lowest BCUT2D eigenvalue weighted by Gasteiger charge is -2.10. The Morgan fingerprint density at radius 2 is 1.71 bits per heavy atom. The molecule has 3 heteroatoms. The van der Waals surface area contributed by atoms with Crippen molar-refractivity contribution in [3.8, 4) is 11.5 Å². The molecule has 3 nitrogen and oxygen atoms in total. The van der Waals surface area contributed by atoms with E-state index in [0.29, 0.717) is 13.2 Å². The topological polar surface area (TPSA) is 44.5 Å². The highest BCUT2D eigenvalue weighted by atomic mass is 16.5. The first-order valence-electron chi connectivity index (χ1n) is 4.82. The van der Waals surface area contributed by atoms with Gasteiger partial charge in [0.05, 0.1) is 6.10 Å². The van der Waals surface area contributed by atoms with E-state index in [9.17, 15) is 0 Å². The van der Waals surface area contributed by atoms with Crippen LogP contribution >= 0.6 is 0 Å². The van der Waals surface area contributed by atoms with Gasteiger partial charge in [0.1, 0.15) is 18.1 Å². The van der Waals surface area contributed by atoms with Gasteiger partial charge in [0.25, 0.3) is 0 Å². The monoisotopic (exact) mass is 195 g/mol. The van der Waals surface area contributed by atoms with Gasteiger partial charge in [-0.3, -0.25) is 0 Å². The molecule has 0 atom stereocenters. The lowest BCUT2D eigenvalue weighted by Crippen LogP contribution is -2.10. The van der Waals surface area contributed by atoms with Crippen molar-refractivity contribution in [2.45, 2.75) is 20.0 Å². The summed E-state index contributed by atoms with van der Waals surface area (Å²) in [6, 6.07) is 7.55. The predicted molar refractivity (Wildman–Crippen MR) is 56.8 cm³/mol. The van der Waals surface area contributed by atoms with Gasteiger partial charge in [0.2, 0.25) is 0 Å². The van der Waals surface area contributed by atoms with Crippen molar-refractivity contribution in [1.82, 2.24) is 0 Å². The smallest absolute Gasteiger partial charge is 0.119 e. The van der Waals surface area contributed by atoms with Crippen LogP contribution in [0.15, 0.2) is 24.3 Å². The Morgan fingerprint density at radius 3 is 2.21 bits per heavy atom. The molecule has 0 aliphatic heterocycles. The molecule has 0 heterocycles. The number of hydrogen-bond donors (Lipinski definition) is 1. The summed E-state index contributed by atoms with van der Waals surface area (Å²) in [4.78, 5) is 0. The van der Waals surface area contributed by atoms with Crippen LogP contribution in [0.25, 0.3) is 0 Å². The molecule has 0 spiro atoms. The zero-order valence-electron chi connectivity index (χ0n) is 8.69. The largest absolute Gasteiger partial charge is 0.492 e. The molecule has 0 bridgehead atoms. The van der Waals surface area contributed by atoms with Gasteiger partial charge in [0.15, 0.2) is 0 Å². The van der Waals surface area contributed by atoms with Gasteiger partial charge in [-0.25, -0.2) is 0 Å². The lowest BCUT2D eigenvalue weighted by molar-refractivity contribution is 0.242. The summed E-state index contributed by atoms with van der Waals surface area (Å²) >= 11 is 0. The zero-order valence-corrected chi connectivity index (χ0v) is 8.69. The molecular weight excluding hydrogens is 178 g/mol. The van der Waals surface area contributed by atoms with E-state index < -0.39 is 0 Å². The number of rotatable bonds is 5. The number of nitrogens with two attached hydrogens (primary N) is 1. The van der Waals surface area contributed by atoms with E-state index in [-0.39, 0.29) is 6.10 Å². The molecule has 0 radical (unpaired) electrons. The van der Waals surface area contributed by atoms with Gasteiger partial charge in [0, 0.05) is 6.54 Å². The van der Waals surface area contributed by atoms with Crippen LogP contribution in [0, 0.1) is 0 Å². The van der Waals surface area contributed by atoms with Gasteiger partial charge < -0.3 is 15.2 Å². The average molecular weight is 195 g/mol. The fourth-order valence-corrected chi connectivity index (χ4v) is 1.06. The van der Waals surface area contributed by atoms with Crippen molar-refractivity contribution in [2.24, 2.45) is 5.73 Å². The predicted octanol–water partition coefficient (Wildman–Crippen LogP) is 1.81. The SMILES string of the molecule is CC(C)Oc1ccc(OCCN)cc1. The van der Waals surface area contributed by atoms with Crippen LogP contribution in [0.1, 0.15) is 13.8 Å². The summed E-state index contributed by atoms with van der Waals surface area (Å²) < 4.78 is 10.8. The average Bonchev–Trinajstić information content (AvgIpc) is 2.16. The normalized spacial score (nSPS) is 10.3. The Kier molecular flexibility index (Phi) is 4.26. The molecule has 0 unspecified atom stereocenters. The fourth-order valence-electron chi connectivity index (χ4n) is 1.06. The molecule has 78 valence electrons. The highest BCUT2D eigenvalue weighted by Crippen LogP contribution is 2.18. The number of benzene rings is 1. The van der Waals surface area contributed by atoms with Crippen LogP contribution in [0.4, 0.5) is 0 Å². The Morgan fingerprint density at radius 1 is 1.14 bits per heavy atom. The molecule has 0 aromatic heterocycles. The molecule has 1 aromatic carbocycles. The van der Waals surface area contributed by atoms with Crippen LogP contribution in [-0.2, 0) is 0 Å². The van der Waals surface area contributed by atoms with E-state index in [0.717, 1.165) is 11.5 Å². The van der Waals surface area contributed by atoms with E-state index in [4.69, 9.17) is 15.2 Å². The molecule has 0 saturated heterocycles. The minimum absolute atomic E-state index is 0.200. The first kappa shape index (κ1) is 10.9. The van der Waals surface area contributed by atoms with Crippen LogP contribution in [-0.4, -0.2) is 19.3 Å². The van der Waals surface area contributed by atoms with Gasteiger partial charge in [-0.15, -0.1) is 0 Å². The molecule has 0 amide bonds. The Labute approximate surface area is 84.8 Å². The first-order chi connectivity index (χ1) is 6.72. The summed E-state index contributed by atoms with van der Waals surface area (Å²) in [6.07, 6.45) is 0.200. The molecule has 1 aromatic rings. The summed E-state index contributed by atoms with van der Waals surface area (Å²) in [5.41, 5.74) is 5.32. The highest BCUT2D eigenvalue weighted by Gasteiger charge is 1.97. The second-order valence-electron chi connectivity index (χ2n) is 3.28. The van der Waals surface area contributed by atoms with E-state index in [1.165, 1.54) is 0 Å². The van der Waals surface area contributed by atoms with Crippen molar-refractivity contribution in [1.29, 1.82) is 0 Å². The van der Waals surface area contributed by atoms with Crippen molar-refractivity contribution < 1.29 is 9.47 Å². The minimum atomic E-state index is 0.200. The third-order valence-corrected chi connectivity index (χ3v) is 1.58. The molecule has 0 aliphatic rings. The molecule has 0 aliphatic carbocycles. The summed E-state index contributed by atoms with van der Waals surface area (Å²) in [5.74, 6) is 1.69. The standard InChI is InChI=1S/C11H17NO2/c1-9(2)14-11-5-3-10(4-6-11)13-8-7-12/h3-6,9H,7-8,12H2,1-2H3. The van der Waals surface area contributed by atoms with Crippen molar-refractivity contribution in [2.75, 3.05) is 13.2 Å². The lowest BCUT2D eigenvalue weighted by atomic mass is 10.3. The van der Waals surface area contributed by atoms with Crippen LogP contribution in [0.3, 0.4) is 0 Å². The summed E-state index contributed by atoms with van der Waals surface area (Å²) in [5, 5.41) is 0. The first-order valence-corrected chi connectivity index (χ1v) is 4.82. The highest BCUT2D eigenvalue weighted by molar-refractivity contribution is 5.31. The van der Waals surface area contributed by atoms with Gasteiger partial charge in [-0.1, -0.05) is 0 Å². The van der Waals surface area contributed by atoms with Crippen molar-refractivity contribution >= 4 is 0 Å². The Balaban J connectivity index is 2.50. The molecule has 1 rings (SSSR count). The van der Waals surface area contributed by atoms with Crippen molar-refractivity contribution in [3.63, 3.8) is 0 Å². The van der Waals surface area contributed by atoms with Gasteiger partial charge >= 0.3 is 0 Å². The molecule has 14 heavy (non-hydrogen) atoms. The Bertz CT molecular complexity index is 256. The third kappa shape index (κ3) is 3.66. The number of ether oxygens (including phenoxy) is 2. The third-order valence-electron chi connectivity index (χ3n) is 1.58. The van der Waals surface area contributed by atoms with E-state index in [1.54, 1.807) is 0 Å². The van der Waals surface area contributed by atoms with Gasteiger partial charge in [-0.2, -0.15) is 0 Å². The molecule has 0 saturated carbocycles. The van der Waals surface area contributed by atoms with E-state index in [2.05, 4.69) is 0 Å². The summed E-state index contributed by atoms with van der Waals surface area (Å²) in [6.45, 7) is 5.08. The minimum Gasteiger partial charge on any atom is -0.492 e. The maximum absolute atomic E-state index is 5.49. The Hall–Kier alpha value is -1.22.